The Morgan fingerprint density at radius 3 is 2.30 bits per heavy atom. The van der Waals surface area contributed by atoms with Gasteiger partial charge in [0.15, 0.2) is 9.84 Å². The Balaban J connectivity index is 1.76. The third-order valence-corrected chi connectivity index (χ3v) is 6.52. The molecule has 6 nitrogen and oxygen atoms in total. The van der Waals surface area contributed by atoms with E-state index in [1.165, 1.54) is 6.26 Å². The Bertz CT molecular complexity index is 1250. The van der Waals surface area contributed by atoms with Gasteiger partial charge in [-0.1, -0.05) is 67.6 Å². The number of benzene rings is 3. The topological polar surface area (TPSA) is 104 Å². The number of amidine groups is 1. The molecule has 0 aromatic heterocycles. The van der Waals surface area contributed by atoms with Crippen LogP contribution in [0.15, 0.2) is 77.7 Å². The first-order valence-electron chi connectivity index (χ1n) is 10.8. The summed E-state index contributed by atoms with van der Waals surface area (Å²) >= 11 is 0. The highest BCUT2D eigenvalue weighted by Gasteiger charge is 2.16. The lowest BCUT2D eigenvalue weighted by Gasteiger charge is -2.23. The normalized spacial score (nSPS) is 11.2. The van der Waals surface area contributed by atoms with E-state index in [1.807, 2.05) is 60.4 Å². The van der Waals surface area contributed by atoms with E-state index in [1.54, 1.807) is 24.3 Å². The van der Waals surface area contributed by atoms with Gasteiger partial charge in [0, 0.05) is 30.5 Å². The number of carbonyl (C=O) groups excluding carboxylic acids is 1. The molecule has 0 atom stereocenters. The molecule has 0 aliphatic carbocycles. The molecule has 0 fully saturated rings. The van der Waals surface area contributed by atoms with Crippen LogP contribution in [0.2, 0.25) is 0 Å². The molecular formula is C26H29N3O3S. The first-order valence-corrected chi connectivity index (χ1v) is 12.7. The second-order valence-corrected chi connectivity index (χ2v) is 10.1. The van der Waals surface area contributed by atoms with Gasteiger partial charge in [0.25, 0.3) is 0 Å². The fraction of sp³-hybridized carbons (Fsp3) is 0.231. The van der Waals surface area contributed by atoms with Gasteiger partial charge in [-0.15, -0.1) is 0 Å². The Morgan fingerprint density at radius 1 is 0.970 bits per heavy atom. The van der Waals surface area contributed by atoms with Gasteiger partial charge < -0.3 is 10.6 Å². The Labute approximate surface area is 195 Å². The van der Waals surface area contributed by atoms with Crippen molar-refractivity contribution in [1.82, 2.24) is 4.90 Å². The van der Waals surface area contributed by atoms with Crippen molar-refractivity contribution in [3.8, 4) is 11.1 Å². The molecule has 33 heavy (non-hydrogen) atoms. The molecule has 0 radical (unpaired) electrons. The Kier molecular flexibility index (Phi) is 7.66. The van der Waals surface area contributed by atoms with Crippen molar-refractivity contribution in [1.29, 1.82) is 5.41 Å². The lowest BCUT2D eigenvalue weighted by Crippen LogP contribution is -2.32. The van der Waals surface area contributed by atoms with Crippen LogP contribution in [0.3, 0.4) is 0 Å². The van der Waals surface area contributed by atoms with E-state index in [0.717, 1.165) is 23.1 Å². The number of nitrogen functional groups attached to an aromatic ring is 1. The lowest BCUT2D eigenvalue weighted by atomic mass is 10.0. The zero-order chi connectivity index (χ0) is 24.0. The number of hydrogen-bond donors (Lipinski definition) is 2. The van der Waals surface area contributed by atoms with E-state index in [0.29, 0.717) is 24.2 Å². The fourth-order valence-corrected chi connectivity index (χ4v) is 4.65. The molecule has 1 amide bonds. The molecule has 3 rings (SSSR count). The second-order valence-electron chi connectivity index (χ2n) is 8.07. The third kappa shape index (κ3) is 6.29. The molecule has 7 heteroatoms. The van der Waals surface area contributed by atoms with Crippen molar-refractivity contribution in [2.24, 2.45) is 5.73 Å². The van der Waals surface area contributed by atoms with Gasteiger partial charge >= 0.3 is 0 Å². The number of hydrogen-bond acceptors (Lipinski definition) is 4. The summed E-state index contributed by atoms with van der Waals surface area (Å²) in [7, 11) is -3.35. The Morgan fingerprint density at radius 2 is 1.67 bits per heavy atom. The fourth-order valence-electron chi connectivity index (χ4n) is 3.74. The van der Waals surface area contributed by atoms with Gasteiger partial charge in [0.1, 0.15) is 5.84 Å². The number of sulfone groups is 1. The van der Waals surface area contributed by atoms with Gasteiger partial charge in [-0.2, -0.15) is 0 Å². The highest BCUT2D eigenvalue weighted by molar-refractivity contribution is 7.90. The number of nitrogens with one attached hydrogen (secondary N) is 1. The predicted molar refractivity (Wildman–Crippen MR) is 132 cm³/mol. The van der Waals surface area contributed by atoms with Crippen LogP contribution in [0.25, 0.3) is 11.1 Å². The maximum atomic E-state index is 13.0. The molecule has 0 heterocycles. The minimum Gasteiger partial charge on any atom is -0.384 e. The van der Waals surface area contributed by atoms with Crippen LogP contribution in [-0.2, 0) is 27.6 Å². The summed E-state index contributed by atoms with van der Waals surface area (Å²) in [6.07, 6.45) is 2.28. The van der Waals surface area contributed by atoms with Gasteiger partial charge in [-0.25, -0.2) is 8.42 Å². The van der Waals surface area contributed by atoms with Crippen LogP contribution in [0.1, 0.15) is 30.0 Å². The standard InChI is InChI=1S/C26H29N3O3S/c1-3-15-29(18-20-7-6-8-22(16-20)26(27)28)25(30)17-19-11-13-21(14-12-19)23-9-4-5-10-24(23)33(2,31)32/h4-14,16H,3,15,17-18H2,1-2H3,(H3,27,28). The van der Waals surface area contributed by atoms with Crippen LogP contribution >= 0.6 is 0 Å². The zero-order valence-electron chi connectivity index (χ0n) is 18.9. The van der Waals surface area contributed by atoms with Crippen molar-refractivity contribution >= 4 is 21.6 Å². The maximum absolute atomic E-state index is 13.0. The maximum Gasteiger partial charge on any atom is 0.227 e. The minimum absolute atomic E-state index is 0.00255. The predicted octanol–water partition coefficient (Wildman–Crippen LogP) is 4.02. The summed E-state index contributed by atoms with van der Waals surface area (Å²) in [6, 6.07) is 21.7. The minimum atomic E-state index is -3.35. The zero-order valence-corrected chi connectivity index (χ0v) is 19.7. The summed E-state index contributed by atoms with van der Waals surface area (Å²) in [5.74, 6) is 0.0112. The summed E-state index contributed by atoms with van der Waals surface area (Å²) in [5.41, 5.74) is 9.46. The third-order valence-electron chi connectivity index (χ3n) is 5.36. The number of carbonyl (C=O) groups is 1. The highest BCUT2D eigenvalue weighted by Crippen LogP contribution is 2.27. The number of amides is 1. The number of nitrogens with zero attached hydrogens (tertiary/aromatic N) is 1. The molecule has 3 aromatic rings. The first kappa shape index (κ1) is 24.2. The number of rotatable bonds is 9. The largest absolute Gasteiger partial charge is 0.384 e. The highest BCUT2D eigenvalue weighted by atomic mass is 32.2. The molecule has 0 bridgehead atoms. The van der Waals surface area contributed by atoms with E-state index >= 15 is 0 Å². The first-order chi connectivity index (χ1) is 15.7. The molecule has 0 saturated carbocycles. The van der Waals surface area contributed by atoms with Gasteiger partial charge in [-0.3, -0.25) is 10.2 Å². The molecule has 0 aliphatic heterocycles. The van der Waals surface area contributed by atoms with E-state index in [4.69, 9.17) is 11.1 Å². The van der Waals surface area contributed by atoms with Gasteiger partial charge in [0.2, 0.25) is 5.91 Å². The van der Waals surface area contributed by atoms with E-state index in [9.17, 15) is 13.2 Å². The van der Waals surface area contributed by atoms with Crippen molar-refractivity contribution in [2.75, 3.05) is 12.8 Å². The van der Waals surface area contributed by atoms with Crippen LogP contribution in [0.4, 0.5) is 0 Å². The van der Waals surface area contributed by atoms with Crippen LogP contribution in [0.5, 0.6) is 0 Å². The molecule has 0 aliphatic rings. The molecular weight excluding hydrogens is 434 g/mol. The van der Waals surface area contributed by atoms with Crippen LogP contribution < -0.4 is 5.73 Å². The summed E-state index contributed by atoms with van der Waals surface area (Å²) in [5, 5.41) is 7.62. The summed E-state index contributed by atoms with van der Waals surface area (Å²) in [6.45, 7) is 3.11. The molecule has 0 saturated heterocycles. The van der Waals surface area contributed by atoms with Crippen molar-refractivity contribution in [2.45, 2.75) is 31.2 Å². The molecule has 3 aromatic carbocycles. The van der Waals surface area contributed by atoms with Crippen molar-refractivity contribution < 1.29 is 13.2 Å². The monoisotopic (exact) mass is 463 g/mol. The van der Waals surface area contributed by atoms with Crippen molar-refractivity contribution in [3.63, 3.8) is 0 Å². The molecule has 0 spiro atoms. The van der Waals surface area contributed by atoms with Gasteiger partial charge in [0.05, 0.1) is 11.3 Å². The van der Waals surface area contributed by atoms with Gasteiger partial charge in [-0.05, 0) is 35.2 Å². The summed E-state index contributed by atoms with van der Waals surface area (Å²) in [4.78, 5) is 15.1. The average molecular weight is 464 g/mol. The SMILES string of the molecule is CCCN(Cc1cccc(C(=N)N)c1)C(=O)Cc1ccc(-c2ccccc2S(C)(=O)=O)cc1. The summed E-state index contributed by atoms with van der Waals surface area (Å²) < 4.78 is 24.2. The molecule has 172 valence electrons. The second kappa shape index (κ2) is 10.4. The lowest BCUT2D eigenvalue weighted by molar-refractivity contribution is -0.131. The van der Waals surface area contributed by atoms with E-state index in [2.05, 4.69) is 0 Å². The number of nitrogens with two attached hydrogens (primary N) is 1. The smallest absolute Gasteiger partial charge is 0.227 e. The van der Waals surface area contributed by atoms with Crippen LogP contribution in [-0.4, -0.2) is 37.9 Å². The molecule has 3 N–H and O–H groups in total. The van der Waals surface area contributed by atoms with Crippen molar-refractivity contribution in [3.05, 3.63) is 89.5 Å². The van der Waals surface area contributed by atoms with E-state index in [-0.39, 0.29) is 23.1 Å². The average Bonchev–Trinajstić information content (AvgIpc) is 2.79. The van der Waals surface area contributed by atoms with Crippen LogP contribution in [0, 0.1) is 5.41 Å². The quantitative estimate of drug-likeness (QED) is 0.369. The molecule has 0 unspecified atom stereocenters. The van der Waals surface area contributed by atoms with E-state index < -0.39 is 9.84 Å². The Hall–Kier alpha value is -3.45.